The van der Waals surface area contributed by atoms with Crippen LogP contribution in [0.25, 0.3) is 0 Å². The van der Waals surface area contributed by atoms with Gasteiger partial charge in [0.25, 0.3) is 0 Å². The second kappa shape index (κ2) is 15.1. The van der Waals surface area contributed by atoms with Crippen LogP contribution >= 0.6 is 0 Å². The average molecular weight is 559 g/mol. The van der Waals surface area contributed by atoms with Crippen molar-refractivity contribution in [3.05, 3.63) is 35.9 Å². The van der Waals surface area contributed by atoms with Gasteiger partial charge in [-0.2, -0.15) is 0 Å². The van der Waals surface area contributed by atoms with E-state index in [0.717, 1.165) is 5.56 Å². The van der Waals surface area contributed by atoms with E-state index < -0.39 is 80.4 Å². The van der Waals surface area contributed by atoms with Crippen molar-refractivity contribution in [2.75, 3.05) is 13.2 Å². The molecule has 2 heterocycles. The Bertz CT molecular complexity index is 897. The number of carbonyl (C=O) groups is 2. The molecule has 0 aliphatic carbocycles. The normalized spacial score (nSPS) is 35.3. The predicted molar refractivity (Wildman–Crippen MR) is 131 cm³/mol. The summed E-state index contributed by atoms with van der Waals surface area (Å²) in [6, 6.07) is 9.15. The van der Waals surface area contributed by atoms with Gasteiger partial charge in [0.05, 0.1) is 25.4 Å². The fourth-order valence-electron chi connectivity index (χ4n) is 4.58. The summed E-state index contributed by atoms with van der Waals surface area (Å²) in [6.45, 7) is -1.25. The number of ether oxygens (including phenoxy) is 4. The van der Waals surface area contributed by atoms with Crippen molar-refractivity contribution in [1.29, 1.82) is 0 Å². The number of carbonyl (C=O) groups excluding carboxylic acids is 2. The van der Waals surface area contributed by atoms with E-state index in [9.17, 15) is 45.3 Å². The maximum Gasteiger partial charge on any atom is 0.306 e. The number of esters is 1. The van der Waals surface area contributed by atoms with E-state index in [1.165, 1.54) is 0 Å². The first-order valence-corrected chi connectivity index (χ1v) is 12.9. The largest absolute Gasteiger partial charge is 0.461 e. The van der Waals surface area contributed by atoms with Crippen molar-refractivity contribution >= 4 is 11.8 Å². The fraction of sp³-hybridized carbons (Fsp3) is 0.692. The van der Waals surface area contributed by atoms with Gasteiger partial charge in [-0.1, -0.05) is 30.3 Å². The van der Waals surface area contributed by atoms with E-state index in [2.05, 4.69) is 0 Å². The topological polar surface area (TPSA) is 213 Å². The van der Waals surface area contributed by atoms with E-state index in [1.807, 2.05) is 30.3 Å². The third kappa shape index (κ3) is 8.72. The summed E-state index contributed by atoms with van der Waals surface area (Å²) in [5.74, 6) is -0.794. The van der Waals surface area contributed by atoms with E-state index in [-0.39, 0.29) is 44.5 Å². The molecule has 3 rings (SSSR count). The molecule has 13 heteroatoms. The minimum atomic E-state index is -1.66. The first-order valence-electron chi connectivity index (χ1n) is 12.9. The van der Waals surface area contributed by atoms with Gasteiger partial charge in [-0.3, -0.25) is 9.59 Å². The second-order valence-electron chi connectivity index (χ2n) is 9.81. The first-order chi connectivity index (χ1) is 18.6. The highest BCUT2D eigenvalue weighted by Gasteiger charge is 2.48. The molecule has 39 heavy (non-hydrogen) atoms. The minimum Gasteiger partial charge on any atom is -0.461 e. The van der Waals surface area contributed by atoms with Gasteiger partial charge in [-0.05, 0) is 12.0 Å². The van der Waals surface area contributed by atoms with Crippen molar-refractivity contribution in [2.45, 2.75) is 99.9 Å². The number of rotatable bonds is 12. The predicted octanol–water partition coefficient (Wildman–Crippen LogP) is -2.08. The van der Waals surface area contributed by atoms with Gasteiger partial charge in [0.2, 0.25) is 0 Å². The molecule has 2 aliphatic rings. The molecule has 13 nitrogen and oxygen atoms in total. The maximum absolute atomic E-state index is 12.5. The van der Waals surface area contributed by atoms with Crippen molar-refractivity contribution in [3.63, 3.8) is 0 Å². The van der Waals surface area contributed by atoms with Crippen molar-refractivity contribution in [2.24, 2.45) is 0 Å². The molecule has 220 valence electrons. The number of hydrogen-bond acceptors (Lipinski definition) is 13. The average Bonchev–Trinajstić information content (AvgIpc) is 3.02. The van der Waals surface area contributed by atoms with Crippen LogP contribution in [0.1, 0.15) is 37.7 Å². The molecule has 0 saturated carbocycles. The lowest BCUT2D eigenvalue weighted by Gasteiger charge is -2.43. The smallest absolute Gasteiger partial charge is 0.306 e. The molecule has 0 amide bonds. The van der Waals surface area contributed by atoms with Crippen molar-refractivity contribution in [3.8, 4) is 0 Å². The zero-order valence-electron chi connectivity index (χ0n) is 21.4. The third-order valence-corrected chi connectivity index (χ3v) is 6.82. The molecule has 2 aliphatic heterocycles. The highest BCUT2D eigenvalue weighted by Crippen LogP contribution is 2.30. The van der Waals surface area contributed by atoms with Gasteiger partial charge < -0.3 is 54.7 Å². The molecule has 7 N–H and O–H groups in total. The van der Waals surface area contributed by atoms with Crippen molar-refractivity contribution in [1.82, 2.24) is 0 Å². The Hall–Kier alpha value is -2.04. The summed E-state index contributed by atoms with van der Waals surface area (Å²) in [5.41, 5.74) is 0.841. The fourth-order valence-corrected chi connectivity index (χ4v) is 4.58. The Morgan fingerprint density at radius 3 is 2.18 bits per heavy atom. The molecule has 1 aromatic rings. The lowest BCUT2D eigenvalue weighted by atomic mass is 9.91. The highest BCUT2D eigenvalue weighted by molar-refractivity contribution is 5.79. The monoisotopic (exact) mass is 558 g/mol. The summed E-state index contributed by atoms with van der Waals surface area (Å²) >= 11 is 0. The van der Waals surface area contributed by atoms with Crippen LogP contribution in [0.2, 0.25) is 0 Å². The van der Waals surface area contributed by atoms with Crippen LogP contribution in [0.3, 0.4) is 0 Å². The van der Waals surface area contributed by atoms with Gasteiger partial charge in [0.15, 0.2) is 6.29 Å². The van der Waals surface area contributed by atoms with E-state index in [1.54, 1.807) is 0 Å². The second-order valence-corrected chi connectivity index (χ2v) is 9.81. The Labute approximate surface area is 225 Å². The zero-order valence-corrected chi connectivity index (χ0v) is 21.4. The summed E-state index contributed by atoms with van der Waals surface area (Å²) in [5, 5.41) is 70.9. The molecule has 0 radical (unpaired) electrons. The summed E-state index contributed by atoms with van der Waals surface area (Å²) < 4.78 is 21.8. The lowest BCUT2D eigenvalue weighted by molar-refractivity contribution is -0.305. The Balaban J connectivity index is 1.49. The van der Waals surface area contributed by atoms with Gasteiger partial charge in [0.1, 0.15) is 55.1 Å². The van der Waals surface area contributed by atoms with Crippen LogP contribution in [0.4, 0.5) is 0 Å². The Morgan fingerprint density at radius 1 is 0.821 bits per heavy atom. The van der Waals surface area contributed by atoms with E-state index in [4.69, 9.17) is 18.9 Å². The molecule has 1 aromatic carbocycles. The Kier molecular flexibility index (Phi) is 12.2. The number of ketones is 1. The van der Waals surface area contributed by atoms with Crippen LogP contribution in [0, 0.1) is 0 Å². The molecule has 0 spiro atoms. The number of Topliss-reactive ketones (excluding diaryl/α,β-unsaturated/α-hetero) is 1. The van der Waals surface area contributed by atoms with E-state index >= 15 is 0 Å². The summed E-state index contributed by atoms with van der Waals surface area (Å²) in [4.78, 5) is 24.4. The summed E-state index contributed by atoms with van der Waals surface area (Å²) in [6.07, 6.45) is -14.8. The number of aliphatic hydroxyl groups is 7. The molecule has 6 unspecified atom stereocenters. The Morgan fingerprint density at radius 2 is 1.51 bits per heavy atom. The van der Waals surface area contributed by atoms with Crippen LogP contribution in [0.5, 0.6) is 0 Å². The number of benzene rings is 1. The highest BCUT2D eigenvalue weighted by atomic mass is 16.7. The third-order valence-electron chi connectivity index (χ3n) is 6.82. The van der Waals surface area contributed by atoms with Gasteiger partial charge >= 0.3 is 5.97 Å². The van der Waals surface area contributed by atoms with Crippen LogP contribution < -0.4 is 0 Å². The van der Waals surface area contributed by atoms with Crippen LogP contribution in [-0.2, 0) is 35.1 Å². The number of aliphatic hydroxyl groups excluding tert-OH is 7. The van der Waals surface area contributed by atoms with Crippen LogP contribution in [-0.4, -0.2) is 122 Å². The quantitative estimate of drug-likeness (QED) is 0.137. The molecule has 0 aromatic heterocycles. The maximum atomic E-state index is 12.5. The molecule has 0 bridgehead atoms. The molecular formula is C26H38O13. The SMILES string of the molecule is O=C(CCCC(=O)OCc1ccccc1)C[C@@H]1OC(CO)[C@@H](O[C@@H]2OC(CO)[C@H](O)C(O)CC2O)C(O)C1O. The van der Waals surface area contributed by atoms with Gasteiger partial charge in [-0.25, -0.2) is 0 Å². The molecule has 2 saturated heterocycles. The standard InChI is InChI=1S/C26H38O13/c27-11-19-22(33)16(30)10-17(31)26(38-19)39-25-20(12-28)37-18(23(34)24(25)35)9-15(29)7-4-8-21(32)36-13-14-5-2-1-3-6-14/h1-3,5-6,16-20,22-28,30-31,33-35H,4,7-13H2/t16?,17?,18-,19?,20?,22+,23?,24?,25+,26-/m0/s1. The molecule has 10 atom stereocenters. The van der Waals surface area contributed by atoms with Gasteiger partial charge in [0, 0.05) is 25.7 Å². The van der Waals surface area contributed by atoms with Gasteiger partial charge in [-0.15, -0.1) is 0 Å². The molecule has 2 fully saturated rings. The van der Waals surface area contributed by atoms with E-state index in [0.29, 0.717) is 0 Å². The lowest BCUT2D eigenvalue weighted by Crippen LogP contribution is -2.61. The molecular weight excluding hydrogens is 520 g/mol. The number of hydrogen-bond donors (Lipinski definition) is 7. The van der Waals surface area contributed by atoms with Crippen LogP contribution in [0.15, 0.2) is 30.3 Å². The summed E-state index contributed by atoms with van der Waals surface area (Å²) in [7, 11) is 0. The minimum absolute atomic E-state index is 0.00212. The first kappa shape index (κ1) is 31.5. The zero-order chi connectivity index (χ0) is 28.5. The van der Waals surface area contributed by atoms with Crippen molar-refractivity contribution < 1.29 is 64.3 Å².